The van der Waals surface area contributed by atoms with E-state index in [-0.39, 0.29) is 5.97 Å². The maximum atomic E-state index is 12.1. The van der Waals surface area contributed by atoms with Gasteiger partial charge in [0.2, 0.25) is 0 Å². The minimum absolute atomic E-state index is 0.309. The second kappa shape index (κ2) is 31.2. The van der Waals surface area contributed by atoms with Crippen molar-refractivity contribution in [3.63, 3.8) is 0 Å². The van der Waals surface area contributed by atoms with Crippen LogP contribution in [0.2, 0.25) is 0 Å². The normalized spacial score (nSPS) is 13.1. The Bertz CT molecular complexity index is 729. The summed E-state index contributed by atoms with van der Waals surface area (Å²) in [6, 6.07) is 0. The topological polar surface area (TPSA) is 63.6 Å². The van der Waals surface area contributed by atoms with Crippen molar-refractivity contribution in [1.29, 1.82) is 0 Å². The number of aliphatic carboxylic acids is 1. The molecule has 0 amide bonds. The first-order valence-electron chi connectivity index (χ1n) is 16.3. The van der Waals surface area contributed by atoms with E-state index >= 15 is 0 Å². The van der Waals surface area contributed by atoms with Crippen molar-refractivity contribution in [3.8, 4) is 0 Å². The summed E-state index contributed by atoms with van der Waals surface area (Å²) in [6.45, 7) is 4.37. The van der Waals surface area contributed by atoms with Gasteiger partial charge in [0.05, 0.1) is 0 Å². The van der Waals surface area contributed by atoms with Crippen LogP contribution in [-0.2, 0) is 14.3 Å². The molecule has 0 spiro atoms. The summed E-state index contributed by atoms with van der Waals surface area (Å²) >= 11 is 0. The maximum Gasteiger partial charge on any atom is 0.345 e. The molecule has 0 saturated carbocycles. The fraction of sp³-hybridized carbons (Fsp3) is 0.667. The highest BCUT2D eigenvalue weighted by atomic mass is 16.6. The molecule has 0 aromatic rings. The highest BCUT2D eigenvalue weighted by molar-refractivity contribution is 5.77. The van der Waals surface area contributed by atoms with E-state index in [0.717, 1.165) is 96.3 Å². The Labute approximate surface area is 246 Å². The van der Waals surface area contributed by atoms with Crippen LogP contribution in [0.5, 0.6) is 0 Å². The number of allylic oxidation sites excluding steroid dienone is 10. The molecule has 0 rings (SSSR count). The Hall–Kier alpha value is -2.36. The van der Waals surface area contributed by atoms with Crippen molar-refractivity contribution in [2.75, 3.05) is 0 Å². The molecule has 0 heterocycles. The van der Waals surface area contributed by atoms with Crippen LogP contribution < -0.4 is 0 Å². The van der Waals surface area contributed by atoms with Crippen LogP contribution in [0.1, 0.15) is 149 Å². The molecule has 4 heteroatoms. The van der Waals surface area contributed by atoms with Crippen molar-refractivity contribution in [1.82, 2.24) is 0 Å². The van der Waals surface area contributed by atoms with Crippen LogP contribution in [-0.4, -0.2) is 23.1 Å². The first-order chi connectivity index (χ1) is 19.6. The van der Waals surface area contributed by atoms with E-state index in [0.29, 0.717) is 12.8 Å². The lowest BCUT2D eigenvalue weighted by Gasteiger charge is -2.13. The van der Waals surface area contributed by atoms with Gasteiger partial charge < -0.3 is 9.84 Å². The lowest BCUT2D eigenvalue weighted by Crippen LogP contribution is -2.27. The molecule has 4 nitrogen and oxygen atoms in total. The fourth-order valence-corrected chi connectivity index (χ4v) is 4.30. The summed E-state index contributed by atoms with van der Waals surface area (Å²) in [4.78, 5) is 23.6. The van der Waals surface area contributed by atoms with Gasteiger partial charge in [-0.15, -0.1) is 0 Å². The monoisotopic (exact) mass is 556 g/mol. The van der Waals surface area contributed by atoms with Crippen molar-refractivity contribution >= 4 is 11.9 Å². The molecule has 40 heavy (non-hydrogen) atoms. The predicted molar refractivity (Wildman–Crippen MR) is 172 cm³/mol. The molecule has 0 aromatic carbocycles. The number of ether oxygens (including phenoxy) is 1. The average Bonchev–Trinajstić information content (AvgIpc) is 2.94. The molecule has 0 radical (unpaired) electrons. The predicted octanol–water partition coefficient (Wildman–Crippen LogP) is 11.0. The largest absolute Gasteiger partial charge is 0.479 e. The van der Waals surface area contributed by atoms with E-state index in [1.807, 2.05) is 0 Å². The van der Waals surface area contributed by atoms with Crippen LogP contribution in [0, 0.1) is 0 Å². The van der Waals surface area contributed by atoms with Crippen molar-refractivity contribution in [3.05, 3.63) is 60.8 Å². The lowest BCUT2D eigenvalue weighted by molar-refractivity contribution is -0.164. The number of carbonyl (C=O) groups is 2. The van der Waals surface area contributed by atoms with Crippen LogP contribution >= 0.6 is 0 Å². The van der Waals surface area contributed by atoms with Gasteiger partial charge in [0, 0.05) is 6.42 Å². The van der Waals surface area contributed by atoms with E-state index in [1.165, 1.54) is 25.7 Å². The number of esters is 1. The van der Waals surface area contributed by atoms with E-state index in [4.69, 9.17) is 4.74 Å². The van der Waals surface area contributed by atoms with Gasteiger partial charge in [-0.05, 0) is 83.5 Å². The highest BCUT2D eigenvalue weighted by Crippen LogP contribution is 2.13. The van der Waals surface area contributed by atoms with Crippen LogP contribution in [0.25, 0.3) is 0 Å². The van der Waals surface area contributed by atoms with Gasteiger partial charge in [-0.2, -0.15) is 0 Å². The number of unbranched alkanes of at least 4 members (excludes halogenated alkanes) is 12. The summed E-state index contributed by atoms with van der Waals surface area (Å²) in [6.07, 6.45) is 42.4. The zero-order valence-electron chi connectivity index (χ0n) is 25.9. The lowest BCUT2D eigenvalue weighted by atomic mass is 10.1. The second-order valence-corrected chi connectivity index (χ2v) is 10.6. The number of carboxylic acids is 1. The van der Waals surface area contributed by atoms with Gasteiger partial charge >= 0.3 is 11.9 Å². The van der Waals surface area contributed by atoms with Gasteiger partial charge in [0.15, 0.2) is 6.10 Å². The number of hydrogen-bond donors (Lipinski definition) is 1. The van der Waals surface area contributed by atoms with E-state index in [2.05, 4.69) is 74.6 Å². The maximum absolute atomic E-state index is 12.1. The molecule has 0 saturated heterocycles. The van der Waals surface area contributed by atoms with E-state index in [9.17, 15) is 14.7 Å². The third-order valence-electron chi connectivity index (χ3n) is 6.75. The summed E-state index contributed by atoms with van der Waals surface area (Å²) in [5.41, 5.74) is 0. The summed E-state index contributed by atoms with van der Waals surface area (Å²) < 4.78 is 5.27. The van der Waals surface area contributed by atoms with Gasteiger partial charge in [-0.1, -0.05) is 120 Å². The Morgan fingerprint density at radius 3 is 1.55 bits per heavy atom. The minimum atomic E-state index is -1.03. The Morgan fingerprint density at radius 1 is 0.575 bits per heavy atom. The second-order valence-electron chi connectivity index (χ2n) is 10.6. The molecule has 0 fully saturated rings. The van der Waals surface area contributed by atoms with Gasteiger partial charge in [-0.25, -0.2) is 4.79 Å². The first-order valence-corrected chi connectivity index (χ1v) is 16.3. The average molecular weight is 557 g/mol. The Kier molecular flexibility index (Phi) is 29.3. The zero-order chi connectivity index (χ0) is 29.4. The molecule has 1 unspecified atom stereocenters. The highest BCUT2D eigenvalue weighted by Gasteiger charge is 2.21. The van der Waals surface area contributed by atoms with E-state index in [1.54, 1.807) is 0 Å². The molecule has 1 atom stereocenters. The number of rotatable bonds is 28. The summed E-state index contributed by atoms with van der Waals surface area (Å²) in [7, 11) is 0. The van der Waals surface area contributed by atoms with Crippen LogP contribution in [0.3, 0.4) is 0 Å². The number of carboxylic acid groups (broad SMARTS) is 1. The summed E-state index contributed by atoms with van der Waals surface area (Å²) in [5, 5.41) is 9.43. The van der Waals surface area contributed by atoms with Crippen LogP contribution in [0.15, 0.2) is 60.8 Å². The van der Waals surface area contributed by atoms with E-state index < -0.39 is 12.1 Å². The standard InChI is InChI=1S/C36H60O4/c1-3-5-7-9-11-13-15-17-19-21-23-25-27-29-31-33-35(37)40-34(36(38)39)32-30-28-26-24-22-20-18-16-14-12-10-8-6-4-2/h5,7,11-14,17-20,34H,3-4,6,8-10,15-16,21-33H2,1-2H3,(H,38,39)/b7-5-,13-11-,14-12-,19-17-,20-18-. The third kappa shape index (κ3) is 28.6. The number of carbonyl (C=O) groups excluding carboxylic acids is 1. The Morgan fingerprint density at radius 2 is 1.02 bits per heavy atom. The zero-order valence-corrected chi connectivity index (χ0v) is 25.9. The molecule has 0 aromatic heterocycles. The molecular formula is C36H60O4. The summed E-state index contributed by atoms with van der Waals surface area (Å²) in [5.74, 6) is -1.41. The van der Waals surface area contributed by atoms with Crippen molar-refractivity contribution in [2.24, 2.45) is 0 Å². The van der Waals surface area contributed by atoms with Crippen molar-refractivity contribution < 1.29 is 19.4 Å². The quantitative estimate of drug-likeness (QED) is 0.0591. The number of hydrogen-bond acceptors (Lipinski definition) is 3. The molecule has 228 valence electrons. The molecule has 0 bridgehead atoms. The van der Waals surface area contributed by atoms with Crippen LogP contribution in [0.4, 0.5) is 0 Å². The SMILES string of the molecule is CC/C=C\C/C=C\C/C=C\CCCCCCCC(=O)OC(CCCCCC/C=C\C/C=C\CCCCC)C(=O)O. The third-order valence-corrected chi connectivity index (χ3v) is 6.75. The van der Waals surface area contributed by atoms with Gasteiger partial charge in [0.1, 0.15) is 0 Å². The molecule has 0 aliphatic heterocycles. The molecule has 0 aliphatic rings. The first kappa shape index (κ1) is 37.6. The fourth-order valence-electron chi connectivity index (χ4n) is 4.30. The molecule has 0 aliphatic carbocycles. The van der Waals surface area contributed by atoms with Crippen molar-refractivity contribution in [2.45, 2.75) is 155 Å². The smallest absolute Gasteiger partial charge is 0.345 e. The molecule has 1 N–H and O–H groups in total. The van der Waals surface area contributed by atoms with Gasteiger partial charge in [0.25, 0.3) is 0 Å². The Balaban J connectivity index is 3.71. The van der Waals surface area contributed by atoms with Gasteiger partial charge in [-0.3, -0.25) is 4.79 Å². The minimum Gasteiger partial charge on any atom is -0.479 e. The molecular weight excluding hydrogens is 496 g/mol.